The van der Waals surface area contributed by atoms with Crippen LogP contribution >= 0.6 is 0 Å². The molecular weight excluding hydrogens is 354 g/mol. The average molecular weight is 390 g/mol. The molecule has 0 saturated carbocycles. The van der Waals surface area contributed by atoms with Gasteiger partial charge in [-0.25, -0.2) is 4.79 Å². The number of carbonyl (C=O) groups is 2. The molecule has 28 heavy (non-hydrogen) atoms. The second-order valence-corrected chi connectivity index (χ2v) is 9.65. The SMILES string of the molecule is CN1CCN(c2ccc(C(=O)C(NC(=O)OC(C)(C)C)C(C)(C)C)cc2)CC1. The first-order chi connectivity index (χ1) is 12.9. The maximum Gasteiger partial charge on any atom is 0.408 e. The monoisotopic (exact) mass is 389 g/mol. The Morgan fingerprint density at radius 1 is 0.964 bits per heavy atom. The van der Waals surface area contributed by atoms with E-state index in [9.17, 15) is 9.59 Å². The fourth-order valence-electron chi connectivity index (χ4n) is 3.17. The van der Waals surface area contributed by atoms with Gasteiger partial charge in [0, 0.05) is 37.4 Å². The van der Waals surface area contributed by atoms with E-state index in [-0.39, 0.29) is 5.78 Å². The highest BCUT2D eigenvalue weighted by Crippen LogP contribution is 2.25. The summed E-state index contributed by atoms with van der Waals surface area (Å²) in [6.07, 6.45) is -0.574. The van der Waals surface area contributed by atoms with Crippen molar-refractivity contribution in [3.8, 4) is 0 Å². The zero-order chi connectivity index (χ0) is 21.1. The Balaban J connectivity index is 2.12. The number of benzene rings is 1. The zero-order valence-electron chi connectivity index (χ0n) is 18.3. The first-order valence-electron chi connectivity index (χ1n) is 9.94. The van der Waals surface area contributed by atoms with Gasteiger partial charge < -0.3 is 19.9 Å². The van der Waals surface area contributed by atoms with Crippen molar-refractivity contribution in [2.24, 2.45) is 5.41 Å². The van der Waals surface area contributed by atoms with Gasteiger partial charge >= 0.3 is 6.09 Å². The van der Waals surface area contributed by atoms with Crippen LogP contribution in [0.25, 0.3) is 0 Å². The van der Waals surface area contributed by atoms with Crippen LogP contribution in [0.5, 0.6) is 0 Å². The van der Waals surface area contributed by atoms with Crippen molar-refractivity contribution in [3.63, 3.8) is 0 Å². The van der Waals surface area contributed by atoms with Gasteiger partial charge in [0.1, 0.15) is 11.6 Å². The number of amides is 1. The number of nitrogens with one attached hydrogen (secondary N) is 1. The molecule has 6 nitrogen and oxygen atoms in total. The molecule has 0 bridgehead atoms. The lowest BCUT2D eigenvalue weighted by molar-refractivity contribution is 0.0446. The summed E-state index contributed by atoms with van der Waals surface area (Å²) < 4.78 is 5.34. The van der Waals surface area contributed by atoms with Gasteiger partial charge in [-0.3, -0.25) is 4.79 Å². The fraction of sp³-hybridized carbons (Fsp3) is 0.636. The van der Waals surface area contributed by atoms with Crippen molar-refractivity contribution < 1.29 is 14.3 Å². The Kier molecular flexibility index (Phi) is 6.75. The molecule has 1 aromatic rings. The second-order valence-electron chi connectivity index (χ2n) is 9.65. The third kappa shape index (κ3) is 6.23. The van der Waals surface area contributed by atoms with Gasteiger partial charge in [0.05, 0.1) is 0 Å². The normalized spacial score (nSPS) is 17.2. The van der Waals surface area contributed by atoms with E-state index >= 15 is 0 Å². The summed E-state index contributed by atoms with van der Waals surface area (Å²) in [4.78, 5) is 30.0. The number of anilines is 1. The minimum atomic E-state index is -0.670. The highest BCUT2D eigenvalue weighted by molar-refractivity contribution is 6.02. The Morgan fingerprint density at radius 3 is 1.96 bits per heavy atom. The van der Waals surface area contributed by atoms with E-state index in [0.29, 0.717) is 5.56 Å². The first-order valence-corrected chi connectivity index (χ1v) is 9.94. The predicted molar refractivity (Wildman–Crippen MR) is 113 cm³/mol. The third-order valence-electron chi connectivity index (χ3n) is 4.81. The highest BCUT2D eigenvalue weighted by atomic mass is 16.6. The van der Waals surface area contributed by atoms with E-state index < -0.39 is 23.2 Å². The maximum absolute atomic E-state index is 13.1. The number of hydrogen-bond acceptors (Lipinski definition) is 5. The number of piperazine rings is 1. The van der Waals surface area contributed by atoms with Crippen LogP contribution in [0.1, 0.15) is 51.9 Å². The van der Waals surface area contributed by atoms with E-state index in [1.807, 2.05) is 45.0 Å². The molecule has 1 aromatic carbocycles. The van der Waals surface area contributed by atoms with Crippen LogP contribution < -0.4 is 10.2 Å². The molecule has 1 heterocycles. The fourth-order valence-corrected chi connectivity index (χ4v) is 3.17. The van der Waals surface area contributed by atoms with Crippen molar-refractivity contribution in [1.82, 2.24) is 10.2 Å². The average Bonchev–Trinajstić information content (AvgIpc) is 2.57. The first kappa shape index (κ1) is 22.2. The van der Waals surface area contributed by atoms with Crippen molar-refractivity contribution in [3.05, 3.63) is 29.8 Å². The molecule has 1 aliphatic heterocycles. The van der Waals surface area contributed by atoms with Gasteiger partial charge in [-0.05, 0) is 57.5 Å². The molecule has 0 radical (unpaired) electrons. The molecule has 1 unspecified atom stereocenters. The van der Waals surface area contributed by atoms with Gasteiger partial charge in [-0.2, -0.15) is 0 Å². The molecule has 0 aliphatic carbocycles. The van der Waals surface area contributed by atoms with Crippen LogP contribution in [0.15, 0.2) is 24.3 Å². The van der Waals surface area contributed by atoms with Crippen LogP contribution in [-0.4, -0.2) is 61.6 Å². The molecule has 1 aliphatic rings. The number of alkyl carbamates (subject to hydrolysis) is 1. The van der Waals surface area contributed by atoms with Crippen LogP contribution in [0.3, 0.4) is 0 Å². The number of carbonyl (C=O) groups excluding carboxylic acids is 2. The molecule has 1 fully saturated rings. The Labute approximate surface area is 169 Å². The molecule has 156 valence electrons. The van der Waals surface area contributed by atoms with Crippen molar-refractivity contribution in [1.29, 1.82) is 0 Å². The third-order valence-corrected chi connectivity index (χ3v) is 4.81. The van der Waals surface area contributed by atoms with Crippen LogP contribution in [0, 0.1) is 5.41 Å². The second kappa shape index (κ2) is 8.52. The van der Waals surface area contributed by atoms with E-state index in [2.05, 4.69) is 22.2 Å². The van der Waals surface area contributed by atoms with Crippen molar-refractivity contribution in [2.75, 3.05) is 38.1 Å². The summed E-state index contributed by atoms with van der Waals surface area (Å²) >= 11 is 0. The molecule has 0 aromatic heterocycles. The lowest BCUT2D eigenvalue weighted by atomic mass is 9.82. The van der Waals surface area contributed by atoms with Crippen LogP contribution in [0.2, 0.25) is 0 Å². The number of rotatable bonds is 4. The molecular formula is C22H35N3O3. The predicted octanol–water partition coefficient (Wildman–Crippen LogP) is 3.56. The minimum absolute atomic E-state index is 0.108. The summed E-state index contributed by atoms with van der Waals surface area (Å²) in [6, 6.07) is 7.02. The largest absolute Gasteiger partial charge is 0.444 e. The number of ether oxygens (including phenoxy) is 1. The zero-order valence-corrected chi connectivity index (χ0v) is 18.3. The van der Waals surface area contributed by atoms with Crippen molar-refractivity contribution >= 4 is 17.6 Å². The summed E-state index contributed by atoms with van der Waals surface area (Å²) in [6.45, 7) is 15.2. The molecule has 0 spiro atoms. The minimum Gasteiger partial charge on any atom is -0.444 e. The highest BCUT2D eigenvalue weighted by Gasteiger charge is 2.34. The number of ketones is 1. The van der Waals surface area contributed by atoms with E-state index in [1.54, 1.807) is 20.8 Å². The van der Waals surface area contributed by atoms with E-state index in [0.717, 1.165) is 31.9 Å². The number of hydrogen-bond donors (Lipinski definition) is 1. The Bertz CT molecular complexity index is 678. The summed E-state index contributed by atoms with van der Waals surface area (Å²) in [5.41, 5.74) is 0.662. The molecule has 2 rings (SSSR count). The maximum atomic E-state index is 13.1. The van der Waals surface area contributed by atoms with Crippen molar-refractivity contribution in [2.45, 2.75) is 53.2 Å². The molecule has 1 saturated heterocycles. The lowest BCUT2D eigenvalue weighted by Gasteiger charge is -2.34. The van der Waals surface area contributed by atoms with Gasteiger partial charge in [0.25, 0.3) is 0 Å². The van der Waals surface area contributed by atoms with Gasteiger partial charge in [-0.15, -0.1) is 0 Å². The number of likely N-dealkylation sites (N-methyl/N-ethyl adjacent to an activating group) is 1. The van der Waals surface area contributed by atoms with Gasteiger partial charge in [-0.1, -0.05) is 20.8 Å². The standard InChI is InChI=1S/C22H35N3O3/c1-21(2,3)19(23-20(27)28-22(4,5)6)18(26)16-8-10-17(11-9-16)25-14-12-24(7)13-15-25/h8-11,19H,12-15H2,1-7H3,(H,23,27). The summed E-state index contributed by atoms with van der Waals surface area (Å²) in [7, 11) is 2.13. The van der Waals surface area contributed by atoms with E-state index in [4.69, 9.17) is 4.74 Å². The van der Waals surface area contributed by atoms with Gasteiger partial charge in [0.15, 0.2) is 5.78 Å². The van der Waals surface area contributed by atoms with Crippen LogP contribution in [-0.2, 0) is 4.74 Å². The molecule has 6 heteroatoms. The smallest absolute Gasteiger partial charge is 0.408 e. The molecule has 1 atom stereocenters. The Hall–Kier alpha value is -2.08. The van der Waals surface area contributed by atoms with Gasteiger partial charge in [0.2, 0.25) is 0 Å². The van der Waals surface area contributed by atoms with E-state index in [1.165, 1.54) is 0 Å². The summed E-state index contributed by atoms with van der Waals surface area (Å²) in [5, 5.41) is 2.77. The number of Topliss-reactive ketones (excluding diaryl/α,β-unsaturated/α-hetero) is 1. The molecule has 1 amide bonds. The quantitative estimate of drug-likeness (QED) is 0.798. The number of nitrogens with zero attached hydrogens (tertiary/aromatic N) is 2. The lowest BCUT2D eigenvalue weighted by Crippen LogP contribution is -2.50. The van der Waals surface area contributed by atoms with Crippen LogP contribution in [0.4, 0.5) is 10.5 Å². The summed E-state index contributed by atoms with van der Waals surface area (Å²) in [5.74, 6) is -0.108. The topological polar surface area (TPSA) is 61.9 Å². The Morgan fingerprint density at radius 2 is 1.50 bits per heavy atom. The molecule has 1 N–H and O–H groups in total.